The Morgan fingerprint density at radius 2 is 2.44 bits per heavy atom. The van der Waals surface area contributed by atoms with E-state index < -0.39 is 0 Å². The van der Waals surface area contributed by atoms with Crippen molar-refractivity contribution in [2.45, 2.75) is 32.6 Å². The Bertz CT molecular complexity index is 210. The van der Waals surface area contributed by atoms with Gasteiger partial charge < -0.3 is 0 Å². The molecule has 0 aromatic heterocycles. The zero-order valence-corrected chi connectivity index (χ0v) is 5.91. The minimum atomic E-state index is 0.851. The first-order valence-corrected chi connectivity index (χ1v) is 4.02. The molecule has 9 heavy (non-hydrogen) atoms. The standard InChI is InChI=1S/C9H12/c1-6-4-9-5-7(9)2-3-8(6)9/h7H,2-5H2,1H3. The van der Waals surface area contributed by atoms with E-state index in [-0.39, 0.29) is 0 Å². The monoisotopic (exact) mass is 120 g/mol. The van der Waals surface area contributed by atoms with Crippen LogP contribution in [0.1, 0.15) is 32.6 Å². The second-order valence-corrected chi connectivity index (χ2v) is 4.03. The van der Waals surface area contributed by atoms with Gasteiger partial charge in [-0.15, -0.1) is 0 Å². The topological polar surface area (TPSA) is 0 Å². The summed E-state index contributed by atoms with van der Waals surface area (Å²) >= 11 is 0. The van der Waals surface area contributed by atoms with Crippen molar-refractivity contribution in [2.24, 2.45) is 11.3 Å². The van der Waals surface area contributed by atoms with Gasteiger partial charge in [0.1, 0.15) is 0 Å². The Morgan fingerprint density at radius 1 is 1.56 bits per heavy atom. The second kappa shape index (κ2) is 1.00. The van der Waals surface area contributed by atoms with Gasteiger partial charge in [-0.3, -0.25) is 0 Å². The molecule has 2 fully saturated rings. The van der Waals surface area contributed by atoms with Crippen molar-refractivity contribution in [1.29, 1.82) is 0 Å². The van der Waals surface area contributed by atoms with E-state index in [1.54, 1.807) is 12.0 Å². The molecule has 0 saturated heterocycles. The molecular weight excluding hydrogens is 108 g/mol. The van der Waals surface area contributed by atoms with Crippen LogP contribution in [0, 0.1) is 11.3 Å². The van der Waals surface area contributed by atoms with Crippen molar-refractivity contribution >= 4 is 0 Å². The quantitative estimate of drug-likeness (QED) is 0.431. The van der Waals surface area contributed by atoms with Crippen LogP contribution in [0.15, 0.2) is 11.1 Å². The summed E-state index contributed by atoms with van der Waals surface area (Å²) in [4.78, 5) is 0. The molecule has 0 bridgehead atoms. The first kappa shape index (κ1) is 4.54. The highest BCUT2D eigenvalue weighted by Crippen LogP contribution is 2.75. The smallest absolute Gasteiger partial charge is 0.00168 e. The van der Waals surface area contributed by atoms with Gasteiger partial charge in [0.25, 0.3) is 0 Å². The lowest BCUT2D eigenvalue weighted by molar-refractivity contribution is 0.508. The van der Waals surface area contributed by atoms with Gasteiger partial charge in [-0.1, -0.05) is 11.1 Å². The van der Waals surface area contributed by atoms with E-state index in [1.807, 2.05) is 5.57 Å². The third-order valence-corrected chi connectivity index (χ3v) is 3.67. The number of hydrogen-bond acceptors (Lipinski definition) is 0. The van der Waals surface area contributed by atoms with E-state index in [9.17, 15) is 0 Å². The summed E-state index contributed by atoms with van der Waals surface area (Å²) in [7, 11) is 0. The summed E-state index contributed by atoms with van der Waals surface area (Å²) in [6.07, 6.45) is 6.00. The van der Waals surface area contributed by atoms with Crippen molar-refractivity contribution in [1.82, 2.24) is 0 Å². The fourth-order valence-corrected chi connectivity index (χ4v) is 3.13. The number of allylic oxidation sites excluding steroid dienone is 2. The first-order chi connectivity index (χ1) is 4.33. The van der Waals surface area contributed by atoms with Crippen molar-refractivity contribution in [3.63, 3.8) is 0 Å². The summed E-state index contributed by atoms with van der Waals surface area (Å²) in [5, 5.41) is 0. The highest BCUT2D eigenvalue weighted by atomic mass is 14.7. The molecule has 0 aliphatic heterocycles. The molecule has 0 heterocycles. The zero-order valence-electron chi connectivity index (χ0n) is 5.91. The fraction of sp³-hybridized carbons (Fsp3) is 0.778. The summed E-state index contributed by atoms with van der Waals surface area (Å²) in [6.45, 7) is 2.32. The minimum Gasteiger partial charge on any atom is -0.0727 e. The molecule has 3 rings (SSSR count). The average Bonchev–Trinajstić information content (AvgIpc) is 2.41. The van der Waals surface area contributed by atoms with Crippen LogP contribution in [0.4, 0.5) is 0 Å². The van der Waals surface area contributed by atoms with Gasteiger partial charge in [0.05, 0.1) is 0 Å². The van der Waals surface area contributed by atoms with E-state index in [1.165, 1.54) is 19.3 Å². The van der Waals surface area contributed by atoms with Crippen molar-refractivity contribution in [2.75, 3.05) is 0 Å². The molecule has 1 spiro atoms. The molecule has 2 saturated carbocycles. The Labute approximate surface area is 56.0 Å². The lowest BCUT2D eigenvalue weighted by Gasteiger charge is -2.29. The largest absolute Gasteiger partial charge is 0.0727 e. The van der Waals surface area contributed by atoms with Crippen molar-refractivity contribution in [3.05, 3.63) is 11.1 Å². The molecular formula is C9H12. The van der Waals surface area contributed by atoms with Crippen LogP contribution in [0.2, 0.25) is 0 Å². The van der Waals surface area contributed by atoms with E-state index in [0.717, 1.165) is 11.3 Å². The van der Waals surface area contributed by atoms with Gasteiger partial charge in [-0.2, -0.15) is 0 Å². The minimum absolute atomic E-state index is 0.851. The molecule has 0 radical (unpaired) electrons. The van der Waals surface area contributed by atoms with E-state index >= 15 is 0 Å². The maximum atomic E-state index is 2.32. The van der Waals surface area contributed by atoms with Crippen LogP contribution < -0.4 is 0 Å². The van der Waals surface area contributed by atoms with Crippen molar-refractivity contribution in [3.8, 4) is 0 Å². The van der Waals surface area contributed by atoms with Crippen LogP contribution in [0.5, 0.6) is 0 Å². The van der Waals surface area contributed by atoms with E-state index in [2.05, 4.69) is 6.92 Å². The predicted octanol–water partition coefficient (Wildman–Crippen LogP) is 2.51. The molecule has 0 amide bonds. The molecule has 2 atom stereocenters. The van der Waals surface area contributed by atoms with Gasteiger partial charge >= 0.3 is 0 Å². The van der Waals surface area contributed by atoms with Gasteiger partial charge in [0.15, 0.2) is 0 Å². The first-order valence-electron chi connectivity index (χ1n) is 4.02. The Balaban J connectivity index is 2.15. The lowest BCUT2D eigenvalue weighted by Crippen LogP contribution is -2.15. The Kier molecular flexibility index (Phi) is 0.505. The molecule has 0 heteroatoms. The SMILES string of the molecule is CC1=C2CCC3CC23C1. The third-order valence-electron chi connectivity index (χ3n) is 3.67. The van der Waals surface area contributed by atoms with Gasteiger partial charge in [0.2, 0.25) is 0 Å². The Hall–Kier alpha value is -0.260. The Morgan fingerprint density at radius 3 is 2.89 bits per heavy atom. The van der Waals surface area contributed by atoms with Crippen LogP contribution in [0.3, 0.4) is 0 Å². The average molecular weight is 120 g/mol. The van der Waals surface area contributed by atoms with E-state index in [0.29, 0.717) is 0 Å². The van der Waals surface area contributed by atoms with Crippen LogP contribution >= 0.6 is 0 Å². The van der Waals surface area contributed by atoms with Crippen molar-refractivity contribution < 1.29 is 0 Å². The summed E-state index contributed by atoms with van der Waals surface area (Å²) in [5.41, 5.74) is 4.45. The highest BCUT2D eigenvalue weighted by Gasteiger charge is 2.64. The summed E-state index contributed by atoms with van der Waals surface area (Å²) in [5.74, 6) is 1.15. The summed E-state index contributed by atoms with van der Waals surface area (Å²) in [6, 6.07) is 0. The third kappa shape index (κ3) is 0.309. The predicted molar refractivity (Wildman–Crippen MR) is 37.1 cm³/mol. The fourth-order valence-electron chi connectivity index (χ4n) is 3.13. The molecule has 0 N–H and O–H groups in total. The molecule has 0 aromatic carbocycles. The zero-order chi connectivity index (χ0) is 6.06. The maximum absolute atomic E-state index is 2.32. The van der Waals surface area contributed by atoms with Gasteiger partial charge in [0, 0.05) is 0 Å². The molecule has 3 aliphatic rings. The van der Waals surface area contributed by atoms with Crippen LogP contribution in [-0.2, 0) is 0 Å². The van der Waals surface area contributed by atoms with E-state index in [4.69, 9.17) is 0 Å². The molecule has 3 aliphatic carbocycles. The highest BCUT2D eigenvalue weighted by molar-refractivity contribution is 5.44. The molecule has 0 nitrogen and oxygen atoms in total. The summed E-state index contributed by atoms with van der Waals surface area (Å²) < 4.78 is 0. The second-order valence-electron chi connectivity index (χ2n) is 4.03. The molecule has 0 aromatic rings. The van der Waals surface area contributed by atoms with Crippen LogP contribution in [0.25, 0.3) is 0 Å². The van der Waals surface area contributed by atoms with Gasteiger partial charge in [-0.25, -0.2) is 0 Å². The number of hydrogen-bond donors (Lipinski definition) is 0. The van der Waals surface area contributed by atoms with Gasteiger partial charge in [-0.05, 0) is 43.9 Å². The lowest BCUT2D eigenvalue weighted by atomic mass is 9.76. The normalized spacial score (nSPS) is 52.3. The maximum Gasteiger partial charge on any atom is -0.00168 e. The number of rotatable bonds is 0. The molecule has 2 unspecified atom stereocenters. The van der Waals surface area contributed by atoms with Crippen LogP contribution in [-0.4, -0.2) is 0 Å². The molecule has 48 valence electrons.